The van der Waals surface area contributed by atoms with Gasteiger partial charge in [0.2, 0.25) is 5.91 Å². The highest BCUT2D eigenvalue weighted by atomic mass is 16.2. The number of aryl methyl sites for hydroxylation is 1. The van der Waals surface area contributed by atoms with E-state index in [1.807, 2.05) is 39.0 Å². The van der Waals surface area contributed by atoms with Crippen LogP contribution in [0.1, 0.15) is 49.5 Å². The fourth-order valence-corrected chi connectivity index (χ4v) is 2.69. The van der Waals surface area contributed by atoms with E-state index in [0.29, 0.717) is 11.5 Å². The molecule has 0 spiro atoms. The zero-order chi connectivity index (χ0) is 16.3. The molecule has 2 N–H and O–H groups in total. The van der Waals surface area contributed by atoms with E-state index in [1.54, 1.807) is 6.07 Å². The standard InChI is InChI=1S/C18H26N2O2/c1-5-13-10-15(13)19-18(22)16(11(2)3)20-17(21)14-8-6-7-12(4)9-14/h6-9,11,13,15-16H,5,10H2,1-4H3,(H,19,22)(H,20,21). The van der Waals surface area contributed by atoms with E-state index >= 15 is 0 Å². The molecular formula is C18H26N2O2. The second-order valence-electron chi connectivity index (χ2n) is 6.58. The number of carbonyl (C=O) groups is 2. The maximum absolute atomic E-state index is 12.4. The molecule has 0 heterocycles. The van der Waals surface area contributed by atoms with Gasteiger partial charge in [0.1, 0.15) is 6.04 Å². The molecule has 120 valence electrons. The number of hydrogen-bond donors (Lipinski definition) is 2. The molecule has 3 atom stereocenters. The Hall–Kier alpha value is -1.84. The fraction of sp³-hybridized carbons (Fsp3) is 0.556. The van der Waals surface area contributed by atoms with Gasteiger partial charge in [-0.25, -0.2) is 0 Å². The molecule has 2 amide bonds. The van der Waals surface area contributed by atoms with Gasteiger partial charge in [-0.05, 0) is 37.3 Å². The van der Waals surface area contributed by atoms with Crippen molar-refractivity contribution in [2.75, 3.05) is 0 Å². The smallest absolute Gasteiger partial charge is 0.251 e. The lowest BCUT2D eigenvalue weighted by atomic mass is 10.0. The van der Waals surface area contributed by atoms with Crippen LogP contribution < -0.4 is 10.6 Å². The Balaban J connectivity index is 1.99. The molecular weight excluding hydrogens is 276 g/mol. The summed E-state index contributed by atoms with van der Waals surface area (Å²) in [5, 5.41) is 5.93. The number of benzene rings is 1. The molecule has 0 bridgehead atoms. The van der Waals surface area contributed by atoms with Crippen LogP contribution in [0.25, 0.3) is 0 Å². The third-order valence-electron chi connectivity index (χ3n) is 4.29. The lowest BCUT2D eigenvalue weighted by molar-refractivity contribution is -0.124. The average Bonchev–Trinajstić information content (AvgIpc) is 3.22. The number of nitrogens with one attached hydrogen (secondary N) is 2. The Labute approximate surface area is 132 Å². The molecule has 1 fully saturated rings. The van der Waals surface area contributed by atoms with Gasteiger partial charge in [0.15, 0.2) is 0 Å². The molecule has 2 rings (SSSR count). The van der Waals surface area contributed by atoms with Gasteiger partial charge in [0, 0.05) is 11.6 Å². The number of rotatable bonds is 6. The van der Waals surface area contributed by atoms with Crippen LogP contribution in [0.5, 0.6) is 0 Å². The van der Waals surface area contributed by atoms with Gasteiger partial charge in [0.25, 0.3) is 5.91 Å². The quantitative estimate of drug-likeness (QED) is 0.849. The first-order chi connectivity index (χ1) is 10.4. The lowest BCUT2D eigenvalue weighted by Crippen LogP contribution is -2.50. The molecule has 22 heavy (non-hydrogen) atoms. The minimum Gasteiger partial charge on any atom is -0.351 e. The zero-order valence-corrected chi connectivity index (χ0v) is 13.8. The summed E-state index contributed by atoms with van der Waals surface area (Å²) in [7, 11) is 0. The van der Waals surface area contributed by atoms with Crippen molar-refractivity contribution in [1.29, 1.82) is 0 Å². The Morgan fingerprint density at radius 1 is 1.32 bits per heavy atom. The van der Waals surface area contributed by atoms with E-state index < -0.39 is 6.04 Å². The fourth-order valence-electron chi connectivity index (χ4n) is 2.69. The third-order valence-corrected chi connectivity index (χ3v) is 4.29. The Morgan fingerprint density at radius 2 is 2.05 bits per heavy atom. The largest absolute Gasteiger partial charge is 0.351 e. The topological polar surface area (TPSA) is 58.2 Å². The van der Waals surface area contributed by atoms with Crippen molar-refractivity contribution in [2.24, 2.45) is 11.8 Å². The highest BCUT2D eigenvalue weighted by Crippen LogP contribution is 2.33. The summed E-state index contributed by atoms with van der Waals surface area (Å²) in [5.74, 6) is 0.383. The van der Waals surface area contributed by atoms with Gasteiger partial charge in [-0.3, -0.25) is 9.59 Å². The van der Waals surface area contributed by atoms with Crippen molar-refractivity contribution in [3.8, 4) is 0 Å². The van der Waals surface area contributed by atoms with Crippen molar-refractivity contribution in [3.63, 3.8) is 0 Å². The van der Waals surface area contributed by atoms with E-state index in [2.05, 4.69) is 17.6 Å². The van der Waals surface area contributed by atoms with Crippen molar-refractivity contribution in [2.45, 2.75) is 52.6 Å². The number of hydrogen-bond acceptors (Lipinski definition) is 2. The molecule has 1 aromatic carbocycles. The molecule has 0 aliphatic heterocycles. The highest BCUT2D eigenvalue weighted by Gasteiger charge is 2.38. The highest BCUT2D eigenvalue weighted by molar-refractivity contribution is 5.97. The van der Waals surface area contributed by atoms with Crippen molar-refractivity contribution in [1.82, 2.24) is 10.6 Å². The van der Waals surface area contributed by atoms with Crippen LogP contribution in [-0.2, 0) is 4.79 Å². The minimum atomic E-state index is -0.494. The predicted molar refractivity (Wildman–Crippen MR) is 87.6 cm³/mol. The second kappa shape index (κ2) is 6.95. The van der Waals surface area contributed by atoms with E-state index in [-0.39, 0.29) is 23.8 Å². The Bertz CT molecular complexity index is 554. The van der Waals surface area contributed by atoms with E-state index in [9.17, 15) is 9.59 Å². The van der Waals surface area contributed by atoms with Crippen LogP contribution in [0.3, 0.4) is 0 Å². The predicted octanol–water partition coefficient (Wildman–Crippen LogP) is 2.66. The molecule has 3 unspecified atom stereocenters. The van der Waals surface area contributed by atoms with Crippen LogP contribution >= 0.6 is 0 Å². The summed E-state index contributed by atoms with van der Waals surface area (Å²) >= 11 is 0. The van der Waals surface area contributed by atoms with E-state index in [0.717, 1.165) is 18.4 Å². The van der Waals surface area contributed by atoms with Gasteiger partial charge >= 0.3 is 0 Å². The van der Waals surface area contributed by atoms with Gasteiger partial charge in [-0.15, -0.1) is 0 Å². The SMILES string of the molecule is CCC1CC1NC(=O)C(NC(=O)c1cccc(C)c1)C(C)C. The van der Waals surface area contributed by atoms with Gasteiger partial charge < -0.3 is 10.6 Å². The molecule has 0 radical (unpaired) electrons. The molecule has 0 aromatic heterocycles. The first-order valence-electron chi connectivity index (χ1n) is 8.10. The molecule has 1 aliphatic carbocycles. The van der Waals surface area contributed by atoms with Crippen LogP contribution in [0, 0.1) is 18.8 Å². The van der Waals surface area contributed by atoms with Crippen LogP contribution in [0.2, 0.25) is 0 Å². The molecule has 4 nitrogen and oxygen atoms in total. The maximum atomic E-state index is 12.4. The molecule has 4 heteroatoms. The number of carbonyl (C=O) groups excluding carboxylic acids is 2. The summed E-state index contributed by atoms with van der Waals surface area (Å²) in [6.07, 6.45) is 2.14. The summed E-state index contributed by atoms with van der Waals surface area (Å²) in [6.45, 7) is 7.98. The minimum absolute atomic E-state index is 0.0487. The van der Waals surface area contributed by atoms with E-state index in [4.69, 9.17) is 0 Å². The van der Waals surface area contributed by atoms with Crippen LogP contribution in [0.15, 0.2) is 24.3 Å². The average molecular weight is 302 g/mol. The van der Waals surface area contributed by atoms with Crippen molar-refractivity contribution < 1.29 is 9.59 Å². The Kier molecular flexibility index (Phi) is 5.22. The van der Waals surface area contributed by atoms with Gasteiger partial charge in [-0.2, -0.15) is 0 Å². The van der Waals surface area contributed by atoms with Crippen molar-refractivity contribution in [3.05, 3.63) is 35.4 Å². The molecule has 1 saturated carbocycles. The van der Waals surface area contributed by atoms with Gasteiger partial charge in [0.05, 0.1) is 0 Å². The summed E-state index contributed by atoms with van der Waals surface area (Å²) < 4.78 is 0. The lowest BCUT2D eigenvalue weighted by Gasteiger charge is -2.22. The zero-order valence-electron chi connectivity index (χ0n) is 13.8. The van der Waals surface area contributed by atoms with Crippen LogP contribution in [-0.4, -0.2) is 23.9 Å². The first kappa shape index (κ1) is 16.5. The van der Waals surface area contributed by atoms with Crippen LogP contribution in [0.4, 0.5) is 0 Å². The third kappa shape index (κ3) is 4.09. The summed E-state index contributed by atoms with van der Waals surface area (Å²) in [6, 6.07) is 7.19. The van der Waals surface area contributed by atoms with Gasteiger partial charge in [-0.1, -0.05) is 44.9 Å². The molecule has 0 saturated heterocycles. The Morgan fingerprint density at radius 3 is 2.59 bits per heavy atom. The second-order valence-corrected chi connectivity index (χ2v) is 6.58. The molecule has 1 aromatic rings. The summed E-state index contributed by atoms with van der Waals surface area (Å²) in [5.41, 5.74) is 1.62. The first-order valence-corrected chi connectivity index (χ1v) is 8.10. The number of amides is 2. The summed E-state index contributed by atoms with van der Waals surface area (Å²) in [4.78, 5) is 24.8. The van der Waals surface area contributed by atoms with E-state index in [1.165, 1.54) is 0 Å². The monoisotopic (exact) mass is 302 g/mol. The normalized spacial score (nSPS) is 21.3. The molecule has 1 aliphatic rings. The maximum Gasteiger partial charge on any atom is 0.251 e. The van der Waals surface area contributed by atoms with Crippen molar-refractivity contribution >= 4 is 11.8 Å².